The largest absolute Gasteiger partial charge is 0.459 e. The highest BCUT2D eigenvalue weighted by Crippen LogP contribution is 2.27. The molecular weight excluding hydrogens is 314 g/mol. The van der Waals surface area contributed by atoms with Crippen molar-refractivity contribution in [1.29, 1.82) is 0 Å². The topological polar surface area (TPSA) is 70.8 Å². The van der Waals surface area contributed by atoms with E-state index >= 15 is 0 Å². The summed E-state index contributed by atoms with van der Waals surface area (Å²) < 4.78 is 32.4. The fourth-order valence-electron chi connectivity index (χ4n) is 2.78. The highest BCUT2D eigenvalue weighted by Gasteiger charge is 2.27. The van der Waals surface area contributed by atoms with E-state index < -0.39 is 10.0 Å². The van der Waals surface area contributed by atoms with Gasteiger partial charge in [-0.25, -0.2) is 8.42 Å². The summed E-state index contributed by atoms with van der Waals surface area (Å²) >= 11 is 0. The summed E-state index contributed by atoms with van der Waals surface area (Å²) in [4.78, 5) is 0.310. The van der Waals surface area contributed by atoms with Crippen molar-refractivity contribution < 1.29 is 17.9 Å². The molecule has 0 aliphatic carbocycles. The second-order valence-corrected chi connectivity index (χ2v) is 7.97. The maximum Gasteiger partial charge on any atom is 0.243 e. The van der Waals surface area contributed by atoms with Crippen LogP contribution in [0.25, 0.3) is 11.3 Å². The van der Waals surface area contributed by atoms with E-state index in [9.17, 15) is 8.42 Å². The van der Waals surface area contributed by atoms with Crippen LogP contribution in [0.1, 0.15) is 25.5 Å². The van der Waals surface area contributed by atoms with E-state index in [0.717, 1.165) is 18.4 Å². The van der Waals surface area contributed by atoms with Crippen LogP contribution in [0.4, 0.5) is 0 Å². The molecule has 0 bridgehead atoms. The number of sulfonamides is 1. The van der Waals surface area contributed by atoms with Crippen molar-refractivity contribution in [3.8, 4) is 11.3 Å². The van der Waals surface area contributed by atoms with Gasteiger partial charge in [0.05, 0.1) is 4.90 Å². The van der Waals surface area contributed by atoms with E-state index in [1.807, 2.05) is 0 Å². The molecule has 124 valence electrons. The summed E-state index contributed by atoms with van der Waals surface area (Å²) in [5.41, 5.74) is 0.788. The van der Waals surface area contributed by atoms with Gasteiger partial charge in [-0.2, -0.15) is 4.31 Å². The summed E-state index contributed by atoms with van der Waals surface area (Å²) in [6.45, 7) is 3.18. The van der Waals surface area contributed by atoms with Gasteiger partial charge in [-0.05, 0) is 55.2 Å². The van der Waals surface area contributed by atoms with Crippen LogP contribution in [-0.4, -0.2) is 30.9 Å². The monoisotopic (exact) mass is 335 g/mol. The zero-order valence-electron chi connectivity index (χ0n) is 13.1. The Morgan fingerprint density at radius 1 is 1.13 bits per heavy atom. The first-order valence-electron chi connectivity index (χ1n) is 7.81. The summed E-state index contributed by atoms with van der Waals surface area (Å²) in [7, 11) is -3.42. The molecule has 0 unspecified atom stereocenters. The lowest BCUT2D eigenvalue weighted by atomic mass is 10.0. The Morgan fingerprint density at radius 3 is 2.35 bits per heavy atom. The molecule has 0 atom stereocenters. The van der Waals surface area contributed by atoms with Gasteiger partial charge in [0.15, 0.2) is 0 Å². The van der Waals surface area contributed by atoms with Crippen molar-refractivity contribution in [2.45, 2.75) is 31.3 Å². The maximum absolute atomic E-state index is 12.7. The number of aliphatic hydroxyl groups excluding tert-OH is 1. The average molecular weight is 335 g/mol. The summed E-state index contributed by atoms with van der Waals surface area (Å²) in [6.07, 6.45) is 1.82. The van der Waals surface area contributed by atoms with Gasteiger partial charge in [0.1, 0.15) is 18.1 Å². The number of hydrogen-bond acceptors (Lipinski definition) is 4. The van der Waals surface area contributed by atoms with Gasteiger partial charge in [0.2, 0.25) is 10.0 Å². The fourth-order valence-corrected chi connectivity index (χ4v) is 4.25. The molecule has 0 radical (unpaired) electrons. The third-order valence-corrected chi connectivity index (χ3v) is 6.25. The molecule has 3 rings (SSSR count). The molecule has 6 heteroatoms. The number of nitrogens with zero attached hydrogens (tertiary/aromatic N) is 1. The molecule has 2 heterocycles. The Morgan fingerprint density at radius 2 is 1.78 bits per heavy atom. The lowest BCUT2D eigenvalue weighted by molar-refractivity contribution is 0.248. The first-order valence-corrected chi connectivity index (χ1v) is 9.25. The fraction of sp³-hybridized carbons (Fsp3) is 0.412. The van der Waals surface area contributed by atoms with Crippen LogP contribution in [0, 0.1) is 5.92 Å². The van der Waals surface area contributed by atoms with Gasteiger partial charge in [-0.1, -0.05) is 6.92 Å². The molecule has 1 aliphatic heterocycles. The van der Waals surface area contributed by atoms with Gasteiger partial charge < -0.3 is 9.52 Å². The van der Waals surface area contributed by atoms with E-state index in [2.05, 4.69) is 6.92 Å². The molecule has 5 nitrogen and oxygen atoms in total. The number of benzene rings is 1. The molecule has 0 saturated carbocycles. The SMILES string of the molecule is CC1CCN(S(=O)(=O)c2ccc(-c3ccc(CO)o3)cc2)CC1. The molecular formula is C17H21NO4S. The highest BCUT2D eigenvalue weighted by molar-refractivity contribution is 7.89. The lowest BCUT2D eigenvalue weighted by Crippen LogP contribution is -2.37. The zero-order chi connectivity index (χ0) is 16.4. The van der Waals surface area contributed by atoms with Gasteiger partial charge in [0, 0.05) is 18.7 Å². The predicted octanol–water partition coefficient (Wildman–Crippen LogP) is 2.86. The molecule has 1 aromatic carbocycles. The van der Waals surface area contributed by atoms with Crippen LogP contribution < -0.4 is 0 Å². The molecule has 23 heavy (non-hydrogen) atoms. The van der Waals surface area contributed by atoms with Crippen LogP contribution in [0.15, 0.2) is 45.7 Å². The highest BCUT2D eigenvalue weighted by atomic mass is 32.2. The first kappa shape index (κ1) is 16.2. The number of piperidine rings is 1. The standard InChI is InChI=1S/C17H21NO4S/c1-13-8-10-18(11-9-13)23(20,21)16-5-2-14(3-6-16)17-7-4-15(12-19)22-17/h2-7,13,19H,8-12H2,1H3. The summed E-state index contributed by atoms with van der Waals surface area (Å²) in [5.74, 6) is 1.69. The number of furan rings is 1. The molecule has 0 spiro atoms. The minimum atomic E-state index is -3.42. The van der Waals surface area contributed by atoms with Gasteiger partial charge in [0.25, 0.3) is 0 Å². The number of rotatable bonds is 4. The van der Waals surface area contributed by atoms with E-state index in [-0.39, 0.29) is 6.61 Å². The molecule has 1 aliphatic rings. The van der Waals surface area contributed by atoms with E-state index in [1.165, 1.54) is 0 Å². The van der Waals surface area contributed by atoms with E-state index in [4.69, 9.17) is 9.52 Å². The van der Waals surface area contributed by atoms with Crippen LogP contribution >= 0.6 is 0 Å². The lowest BCUT2D eigenvalue weighted by Gasteiger charge is -2.29. The molecule has 2 aromatic rings. The average Bonchev–Trinajstić information content (AvgIpc) is 3.04. The van der Waals surface area contributed by atoms with Crippen LogP contribution in [0.5, 0.6) is 0 Å². The van der Waals surface area contributed by atoms with Gasteiger partial charge >= 0.3 is 0 Å². The van der Waals surface area contributed by atoms with Gasteiger partial charge in [-0.3, -0.25) is 0 Å². The Bertz CT molecular complexity index is 756. The van der Waals surface area contributed by atoms with Crippen LogP contribution in [0.2, 0.25) is 0 Å². The number of aliphatic hydroxyl groups is 1. The molecule has 1 saturated heterocycles. The van der Waals surface area contributed by atoms with Gasteiger partial charge in [-0.15, -0.1) is 0 Å². The quantitative estimate of drug-likeness (QED) is 0.933. The predicted molar refractivity (Wildman–Crippen MR) is 87.2 cm³/mol. The van der Waals surface area contributed by atoms with Crippen molar-refractivity contribution in [2.24, 2.45) is 5.92 Å². The minimum Gasteiger partial charge on any atom is -0.459 e. The smallest absolute Gasteiger partial charge is 0.243 e. The van der Waals surface area contributed by atoms with E-state index in [1.54, 1.807) is 40.7 Å². The molecule has 1 N–H and O–H groups in total. The van der Waals surface area contributed by atoms with Crippen molar-refractivity contribution in [1.82, 2.24) is 4.31 Å². The zero-order valence-corrected chi connectivity index (χ0v) is 13.9. The van der Waals surface area contributed by atoms with Crippen molar-refractivity contribution in [3.63, 3.8) is 0 Å². The molecule has 1 aromatic heterocycles. The molecule has 1 fully saturated rings. The number of hydrogen-bond donors (Lipinski definition) is 1. The third-order valence-electron chi connectivity index (χ3n) is 4.34. The Hall–Kier alpha value is -1.63. The second kappa shape index (κ2) is 6.47. The minimum absolute atomic E-state index is 0.153. The summed E-state index contributed by atoms with van der Waals surface area (Å²) in [6, 6.07) is 10.2. The summed E-state index contributed by atoms with van der Waals surface area (Å²) in [5, 5.41) is 9.03. The van der Waals surface area contributed by atoms with E-state index in [0.29, 0.717) is 35.4 Å². The second-order valence-electron chi connectivity index (χ2n) is 6.04. The van der Waals surface area contributed by atoms with Crippen molar-refractivity contribution in [2.75, 3.05) is 13.1 Å². The first-order chi connectivity index (χ1) is 11.0. The Kier molecular flexibility index (Phi) is 4.57. The molecule has 0 amide bonds. The third kappa shape index (κ3) is 3.34. The van der Waals surface area contributed by atoms with Crippen molar-refractivity contribution >= 4 is 10.0 Å². The van der Waals surface area contributed by atoms with Crippen LogP contribution in [-0.2, 0) is 16.6 Å². The van der Waals surface area contributed by atoms with Crippen LogP contribution in [0.3, 0.4) is 0 Å². The maximum atomic E-state index is 12.7. The Labute approximate surface area is 136 Å². The van der Waals surface area contributed by atoms with Crippen molar-refractivity contribution in [3.05, 3.63) is 42.2 Å². The normalized spacial score (nSPS) is 17.5. The Balaban J connectivity index is 1.81.